The van der Waals surface area contributed by atoms with Gasteiger partial charge in [0.15, 0.2) is 0 Å². The summed E-state index contributed by atoms with van der Waals surface area (Å²) in [6, 6.07) is 7.35. The first kappa shape index (κ1) is 23.4. The fourth-order valence-corrected chi connectivity index (χ4v) is 4.01. The highest BCUT2D eigenvalue weighted by Gasteiger charge is 2.19. The van der Waals surface area contributed by atoms with Crippen molar-refractivity contribution in [3.63, 3.8) is 0 Å². The number of carbonyl (C=O) groups excluding carboxylic acids is 2. The predicted octanol–water partition coefficient (Wildman–Crippen LogP) is 6.56. The summed E-state index contributed by atoms with van der Waals surface area (Å²) in [5.74, 6) is 0.121. The Kier molecular flexibility index (Phi) is 11.5. The number of benzene rings is 1. The van der Waals surface area contributed by atoms with Crippen molar-refractivity contribution in [2.24, 2.45) is 0 Å². The van der Waals surface area contributed by atoms with Gasteiger partial charge in [0, 0.05) is 30.8 Å². The molecule has 4 nitrogen and oxygen atoms in total. The molecule has 0 bridgehead atoms. The third-order valence-electron chi connectivity index (χ3n) is 5.79. The number of likely N-dealkylation sites (tertiary alicyclic amines) is 1. The Morgan fingerprint density at radius 2 is 1.45 bits per heavy atom. The van der Waals surface area contributed by atoms with Gasteiger partial charge in [-0.25, -0.2) is 0 Å². The fraction of sp³-hybridized carbons (Fsp3) is 0.680. The first-order valence-corrected chi connectivity index (χ1v) is 11.9. The van der Waals surface area contributed by atoms with E-state index in [1.165, 1.54) is 57.8 Å². The number of nitrogens with one attached hydrogen (secondary N) is 1. The molecule has 162 valence electrons. The van der Waals surface area contributed by atoms with Crippen LogP contribution >= 0.6 is 0 Å². The minimum absolute atomic E-state index is 0.0479. The lowest BCUT2D eigenvalue weighted by Crippen LogP contribution is -2.27. The second-order valence-corrected chi connectivity index (χ2v) is 8.41. The Labute approximate surface area is 177 Å². The van der Waals surface area contributed by atoms with Crippen LogP contribution < -0.4 is 5.32 Å². The van der Waals surface area contributed by atoms with Crippen molar-refractivity contribution in [1.29, 1.82) is 0 Å². The lowest BCUT2D eigenvalue weighted by molar-refractivity contribution is -0.116. The number of hydrogen-bond donors (Lipinski definition) is 1. The molecule has 0 saturated carbocycles. The lowest BCUT2D eigenvalue weighted by atomic mass is 10.1. The quantitative estimate of drug-likeness (QED) is 0.359. The largest absolute Gasteiger partial charge is 0.339 e. The van der Waals surface area contributed by atoms with Crippen molar-refractivity contribution in [2.75, 3.05) is 18.4 Å². The van der Waals surface area contributed by atoms with E-state index in [0.717, 1.165) is 44.5 Å². The molecule has 0 radical (unpaired) electrons. The average molecular weight is 401 g/mol. The van der Waals surface area contributed by atoms with E-state index < -0.39 is 0 Å². The Balaban J connectivity index is 1.55. The van der Waals surface area contributed by atoms with Crippen molar-refractivity contribution in [1.82, 2.24) is 4.90 Å². The van der Waals surface area contributed by atoms with Crippen molar-refractivity contribution >= 4 is 17.5 Å². The summed E-state index contributed by atoms with van der Waals surface area (Å²) in [5, 5.41) is 2.95. The highest BCUT2D eigenvalue weighted by molar-refractivity contribution is 5.97. The first-order chi connectivity index (χ1) is 14.2. The van der Waals surface area contributed by atoms with E-state index in [9.17, 15) is 9.59 Å². The van der Waals surface area contributed by atoms with Crippen molar-refractivity contribution in [3.05, 3.63) is 29.8 Å². The van der Waals surface area contributed by atoms with Gasteiger partial charge in [0.05, 0.1) is 0 Å². The molecule has 0 spiro atoms. The lowest BCUT2D eigenvalue weighted by Gasteiger charge is -2.15. The van der Waals surface area contributed by atoms with Crippen LogP contribution in [0.15, 0.2) is 24.3 Å². The van der Waals surface area contributed by atoms with Gasteiger partial charge in [0.1, 0.15) is 0 Å². The molecule has 4 heteroatoms. The zero-order chi connectivity index (χ0) is 20.7. The monoisotopic (exact) mass is 400 g/mol. The van der Waals surface area contributed by atoms with E-state index in [4.69, 9.17) is 0 Å². The van der Waals surface area contributed by atoms with Crippen LogP contribution in [0.5, 0.6) is 0 Å². The second kappa shape index (κ2) is 14.2. The molecule has 1 aromatic rings. The Morgan fingerprint density at radius 3 is 2.07 bits per heavy atom. The molecule has 1 aliphatic rings. The van der Waals surface area contributed by atoms with Gasteiger partial charge in [-0.2, -0.15) is 0 Å². The Hall–Kier alpha value is -1.84. The number of anilines is 1. The molecular weight excluding hydrogens is 360 g/mol. The Bertz CT molecular complexity index is 609. The predicted molar refractivity (Wildman–Crippen MR) is 121 cm³/mol. The van der Waals surface area contributed by atoms with Crippen LogP contribution in [0.3, 0.4) is 0 Å². The topological polar surface area (TPSA) is 49.4 Å². The molecule has 0 aliphatic carbocycles. The molecule has 1 aromatic carbocycles. The third kappa shape index (κ3) is 9.47. The molecule has 2 amide bonds. The fourth-order valence-electron chi connectivity index (χ4n) is 4.01. The van der Waals surface area contributed by atoms with E-state index in [1.807, 2.05) is 23.1 Å². The van der Waals surface area contributed by atoms with Crippen LogP contribution in [0.2, 0.25) is 0 Å². The average Bonchev–Trinajstić information content (AvgIpc) is 3.26. The third-order valence-corrected chi connectivity index (χ3v) is 5.79. The van der Waals surface area contributed by atoms with E-state index in [0.29, 0.717) is 12.0 Å². The van der Waals surface area contributed by atoms with Crippen molar-refractivity contribution in [3.8, 4) is 0 Å². The van der Waals surface area contributed by atoms with E-state index in [1.54, 1.807) is 6.07 Å². The molecule has 1 fully saturated rings. The normalized spacial score (nSPS) is 13.6. The molecule has 0 atom stereocenters. The number of unbranched alkanes of at least 4 members (excludes halogenated alkanes) is 10. The highest BCUT2D eigenvalue weighted by atomic mass is 16.2. The van der Waals surface area contributed by atoms with Crippen LogP contribution in [0, 0.1) is 0 Å². The van der Waals surface area contributed by atoms with Gasteiger partial charge in [-0.15, -0.1) is 0 Å². The van der Waals surface area contributed by atoms with Crippen molar-refractivity contribution in [2.45, 2.75) is 96.8 Å². The van der Waals surface area contributed by atoms with Gasteiger partial charge in [0.2, 0.25) is 5.91 Å². The smallest absolute Gasteiger partial charge is 0.253 e. The Morgan fingerprint density at radius 1 is 0.862 bits per heavy atom. The number of hydrogen-bond acceptors (Lipinski definition) is 2. The van der Waals surface area contributed by atoms with Gasteiger partial charge in [-0.3, -0.25) is 9.59 Å². The maximum absolute atomic E-state index is 12.5. The summed E-state index contributed by atoms with van der Waals surface area (Å²) in [6.07, 6.45) is 16.8. The molecule has 1 N–H and O–H groups in total. The van der Waals surface area contributed by atoms with Crippen LogP contribution in [0.25, 0.3) is 0 Å². The number of amides is 2. The van der Waals surface area contributed by atoms with Gasteiger partial charge < -0.3 is 10.2 Å². The van der Waals surface area contributed by atoms with Crippen LogP contribution in [0.4, 0.5) is 5.69 Å². The molecule has 0 unspecified atom stereocenters. The maximum Gasteiger partial charge on any atom is 0.253 e. The van der Waals surface area contributed by atoms with Gasteiger partial charge >= 0.3 is 0 Å². The zero-order valence-electron chi connectivity index (χ0n) is 18.4. The van der Waals surface area contributed by atoms with E-state index in [-0.39, 0.29) is 11.8 Å². The summed E-state index contributed by atoms with van der Waals surface area (Å²) in [4.78, 5) is 26.6. The summed E-state index contributed by atoms with van der Waals surface area (Å²) in [5.41, 5.74) is 1.39. The number of carbonyl (C=O) groups is 2. The second-order valence-electron chi connectivity index (χ2n) is 8.41. The SMILES string of the molecule is CCCCCCCCCCCCCC(=O)Nc1cccc(C(=O)N2CCCC2)c1. The molecule has 0 aromatic heterocycles. The van der Waals surface area contributed by atoms with Gasteiger partial charge in [-0.05, 0) is 37.5 Å². The zero-order valence-corrected chi connectivity index (χ0v) is 18.4. The van der Waals surface area contributed by atoms with Crippen LogP contribution in [-0.4, -0.2) is 29.8 Å². The van der Waals surface area contributed by atoms with E-state index in [2.05, 4.69) is 12.2 Å². The molecule has 1 aliphatic heterocycles. The molecule has 2 rings (SSSR count). The minimum Gasteiger partial charge on any atom is -0.339 e. The standard InChI is InChI=1S/C25H40N2O2/c1-2-3-4-5-6-7-8-9-10-11-12-18-24(28)26-23-17-15-16-22(21-23)25(29)27-19-13-14-20-27/h15-17,21H,2-14,18-20H2,1H3,(H,26,28). The summed E-state index contributed by atoms with van der Waals surface area (Å²) in [6.45, 7) is 3.94. The van der Waals surface area contributed by atoms with Crippen LogP contribution in [-0.2, 0) is 4.79 Å². The summed E-state index contributed by atoms with van der Waals surface area (Å²) in [7, 11) is 0. The molecule has 29 heavy (non-hydrogen) atoms. The van der Waals surface area contributed by atoms with Crippen molar-refractivity contribution < 1.29 is 9.59 Å². The minimum atomic E-state index is 0.0479. The number of rotatable bonds is 14. The highest BCUT2D eigenvalue weighted by Crippen LogP contribution is 2.17. The molecule has 1 saturated heterocycles. The number of nitrogens with zero attached hydrogens (tertiary/aromatic N) is 1. The summed E-state index contributed by atoms with van der Waals surface area (Å²) >= 11 is 0. The summed E-state index contributed by atoms with van der Waals surface area (Å²) < 4.78 is 0. The van der Waals surface area contributed by atoms with Gasteiger partial charge in [-0.1, -0.05) is 77.2 Å². The van der Waals surface area contributed by atoms with Crippen LogP contribution in [0.1, 0.15) is 107 Å². The molecular formula is C25H40N2O2. The van der Waals surface area contributed by atoms with Gasteiger partial charge in [0.25, 0.3) is 5.91 Å². The first-order valence-electron chi connectivity index (χ1n) is 11.9. The maximum atomic E-state index is 12.5. The molecule has 1 heterocycles. The van der Waals surface area contributed by atoms with E-state index >= 15 is 0 Å².